The summed E-state index contributed by atoms with van der Waals surface area (Å²) in [5, 5.41) is 4.45. The van der Waals surface area contributed by atoms with Crippen molar-refractivity contribution >= 4 is 44.7 Å². The van der Waals surface area contributed by atoms with Crippen molar-refractivity contribution in [2.75, 3.05) is 0 Å². The van der Waals surface area contributed by atoms with Crippen LogP contribution in [-0.4, -0.2) is 4.98 Å². The van der Waals surface area contributed by atoms with E-state index in [1.54, 1.807) is 11.3 Å². The van der Waals surface area contributed by atoms with Gasteiger partial charge in [0.15, 0.2) is 0 Å². The largest absolute Gasteiger partial charge is 0.320 e. The monoisotopic (exact) mass is 366 g/mol. The Morgan fingerprint density at radius 1 is 1.28 bits per heavy atom. The van der Waals surface area contributed by atoms with Crippen LogP contribution in [0.3, 0.4) is 0 Å². The fourth-order valence-electron chi connectivity index (χ4n) is 2.08. The predicted molar refractivity (Wildman–Crippen MR) is 84.8 cm³/mol. The van der Waals surface area contributed by atoms with Gasteiger partial charge in [-0.2, -0.15) is 0 Å². The molecule has 1 atom stereocenters. The van der Waals surface area contributed by atoms with Crippen LogP contribution in [0.1, 0.15) is 17.2 Å². The van der Waals surface area contributed by atoms with Crippen LogP contribution in [0, 0.1) is 2.88 Å². The number of benzene rings is 1. The number of rotatable bonds is 2. The molecule has 18 heavy (non-hydrogen) atoms. The summed E-state index contributed by atoms with van der Waals surface area (Å²) in [6.45, 7) is 0. The van der Waals surface area contributed by atoms with E-state index in [0.717, 1.165) is 10.9 Å². The zero-order valence-corrected chi connectivity index (χ0v) is 12.5. The van der Waals surface area contributed by atoms with Gasteiger partial charge in [0.1, 0.15) is 0 Å². The number of fused-ring (bicyclic) bond motifs is 1. The molecule has 3 rings (SSSR count). The minimum atomic E-state index is -0.0733. The maximum Gasteiger partial charge on any atom is 0.0656 e. The van der Waals surface area contributed by atoms with E-state index in [1.165, 1.54) is 13.8 Å². The average molecular weight is 366 g/mol. The molecule has 0 saturated carbocycles. The zero-order chi connectivity index (χ0) is 12.5. The quantitative estimate of drug-likeness (QED) is 0.698. The summed E-state index contributed by atoms with van der Waals surface area (Å²) >= 11 is 4.05. The Labute approximate surface area is 123 Å². The third-order valence-corrected chi connectivity index (χ3v) is 4.80. The minimum absolute atomic E-state index is 0.0733. The summed E-state index contributed by atoms with van der Waals surface area (Å²) in [6.07, 6.45) is 3.69. The molecule has 4 heteroatoms. The molecule has 1 unspecified atom stereocenters. The van der Waals surface area contributed by atoms with Crippen molar-refractivity contribution in [3.63, 3.8) is 0 Å². The van der Waals surface area contributed by atoms with E-state index < -0.39 is 0 Å². The van der Waals surface area contributed by atoms with Gasteiger partial charge in [0.05, 0.1) is 8.93 Å². The van der Waals surface area contributed by atoms with Crippen molar-refractivity contribution in [1.82, 2.24) is 4.98 Å². The van der Waals surface area contributed by atoms with Crippen LogP contribution in [0.25, 0.3) is 10.8 Å². The van der Waals surface area contributed by atoms with Gasteiger partial charge in [-0.3, -0.25) is 4.98 Å². The summed E-state index contributed by atoms with van der Waals surface area (Å²) in [5.74, 6) is 0. The summed E-state index contributed by atoms with van der Waals surface area (Å²) < 4.78 is 1.26. The van der Waals surface area contributed by atoms with Gasteiger partial charge in [-0.1, -0.05) is 18.2 Å². The molecule has 0 bridgehead atoms. The first-order valence-corrected chi connectivity index (χ1v) is 7.54. The summed E-state index contributed by atoms with van der Waals surface area (Å²) in [4.78, 5) is 4.15. The van der Waals surface area contributed by atoms with Crippen LogP contribution < -0.4 is 5.73 Å². The second kappa shape index (κ2) is 4.95. The van der Waals surface area contributed by atoms with Crippen molar-refractivity contribution < 1.29 is 0 Å². The molecule has 0 aliphatic heterocycles. The van der Waals surface area contributed by atoms with Crippen LogP contribution >= 0.6 is 33.9 Å². The minimum Gasteiger partial charge on any atom is -0.320 e. The third-order valence-electron chi connectivity index (χ3n) is 3.00. The molecule has 2 aromatic heterocycles. The maximum absolute atomic E-state index is 6.38. The first-order chi connectivity index (χ1) is 8.75. The molecule has 0 radical (unpaired) electrons. The number of aromatic nitrogens is 1. The smallest absolute Gasteiger partial charge is 0.0656 e. The second-order valence-electron chi connectivity index (χ2n) is 4.11. The molecule has 0 saturated heterocycles. The molecule has 0 amide bonds. The van der Waals surface area contributed by atoms with Gasteiger partial charge in [0, 0.05) is 17.8 Å². The van der Waals surface area contributed by atoms with E-state index in [-0.39, 0.29) is 6.04 Å². The molecule has 2 nitrogen and oxygen atoms in total. The number of thiophene rings is 1. The van der Waals surface area contributed by atoms with Crippen LogP contribution in [0.4, 0.5) is 0 Å². The molecule has 3 aromatic rings. The maximum atomic E-state index is 6.38. The van der Waals surface area contributed by atoms with Gasteiger partial charge in [-0.15, -0.1) is 11.3 Å². The normalized spacial score (nSPS) is 12.8. The number of pyridine rings is 1. The average Bonchev–Trinajstić information content (AvgIpc) is 2.84. The van der Waals surface area contributed by atoms with Gasteiger partial charge in [-0.25, -0.2) is 0 Å². The summed E-state index contributed by atoms with van der Waals surface area (Å²) in [7, 11) is 0. The van der Waals surface area contributed by atoms with Gasteiger partial charge in [0.25, 0.3) is 0 Å². The van der Waals surface area contributed by atoms with Gasteiger partial charge in [0.2, 0.25) is 0 Å². The van der Waals surface area contributed by atoms with E-state index in [9.17, 15) is 0 Å². The molecule has 90 valence electrons. The lowest BCUT2D eigenvalue weighted by Crippen LogP contribution is -2.11. The molecule has 0 aliphatic carbocycles. The van der Waals surface area contributed by atoms with E-state index in [1.807, 2.05) is 24.5 Å². The van der Waals surface area contributed by atoms with Gasteiger partial charge in [-0.05, 0) is 56.6 Å². The van der Waals surface area contributed by atoms with Crippen molar-refractivity contribution in [2.45, 2.75) is 6.04 Å². The molecule has 0 aliphatic rings. The van der Waals surface area contributed by atoms with Crippen LogP contribution in [0.2, 0.25) is 0 Å². The summed E-state index contributed by atoms with van der Waals surface area (Å²) in [5.41, 5.74) is 8.71. The van der Waals surface area contributed by atoms with Crippen LogP contribution in [0.15, 0.2) is 48.1 Å². The van der Waals surface area contributed by atoms with Gasteiger partial charge < -0.3 is 5.73 Å². The Bertz CT molecular complexity index is 688. The standard InChI is InChI=1S/C14H11IN2S/c15-13-6-10(8-18-13)14(16)12-3-1-2-9-7-17-5-4-11(9)12/h1-8,14H,16H2. The van der Waals surface area contributed by atoms with Gasteiger partial charge >= 0.3 is 0 Å². The van der Waals surface area contributed by atoms with E-state index in [0.29, 0.717) is 0 Å². The summed E-state index contributed by atoms with van der Waals surface area (Å²) in [6, 6.07) is 10.3. The molecule has 1 aromatic carbocycles. The fraction of sp³-hybridized carbons (Fsp3) is 0.0714. The number of nitrogens with zero attached hydrogens (tertiary/aromatic N) is 1. The number of halogens is 1. The van der Waals surface area contributed by atoms with E-state index in [2.05, 4.69) is 51.2 Å². The van der Waals surface area contributed by atoms with Crippen molar-refractivity contribution in [1.29, 1.82) is 0 Å². The molecular weight excluding hydrogens is 355 g/mol. The Balaban J connectivity index is 2.14. The Morgan fingerprint density at radius 3 is 2.94 bits per heavy atom. The molecule has 0 fully saturated rings. The highest BCUT2D eigenvalue weighted by Crippen LogP contribution is 2.29. The van der Waals surface area contributed by atoms with Crippen molar-refractivity contribution in [2.24, 2.45) is 5.73 Å². The predicted octanol–water partition coefficient (Wildman–Crippen LogP) is 3.95. The second-order valence-corrected chi connectivity index (χ2v) is 6.91. The highest BCUT2D eigenvalue weighted by molar-refractivity contribution is 14.1. The molecule has 0 spiro atoms. The lowest BCUT2D eigenvalue weighted by molar-refractivity contribution is 0.886. The number of hydrogen-bond donors (Lipinski definition) is 1. The third kappa shape index (κ3) is 2.15. The SMILES string of the molecule is NC(c1csc(I)c1)c1cccc2cnccc12. The molecular formula is C14H11IN2S. The molecule has 2 heterocycles. The highest BCUT2D eigenvalue weighted by atomic mass is 127. The van der Waals surface area contributed by atoms with E-state index >= 15 is 0 Å². The lowest BCUT2D eigenvalue weighted by atomic mass is 9.97. The fourth-order valence-corrected chi connectivity index (χ4v) is 3.49. The Kier molecular flexibility index (Phi) is 3.32. The highest BCUT2D eigenvalue weighted by Gasteiger charge is 2.13. The topological polar surface area (TPSA) is 38.9 Å². The Morgan fingerprint density at radius 2 is 2.17 bits per heavy atom. The zero-order valence-electron chi connectivity index (χ0n) is 9.51. The van der Waals surface area contributed by atoms with Crippen molar-refractivity contribution in [3.8, 4) is 0 Å². The molecule has 2 N–H and O–H groups in total. The number of hydrogen-bond acceptors (Lipinski definition) is 3. The Hall–Kier alpha value is -0.980. The number of nitrogens with two attached hydrogens (primary N) is 1. The first kappa shape index (κ1) is 12.1. The van der Waals surface area contributed by atoms with E-state index in [4.69, 9.17) is 5.73 Å². The van der Waals surface area contributed by atoms with Crippen LogP contribution in [-0.2, 0) is 0 Å². The van der Waals surface area contributed by atoms with Crippen LogP contribution in [0.5, 0.6) is 0 Å². The lowest BCUT2D eigenvalue weighted by Gasteiger charge is -2.13. The van der Waals surface area contributed by atoms with Crippen molar-refractivity contribution in [3.05, 3.63) is 62.1 Å². The first-order valence-electron chi connectivity index (χ1n) is 5.58.